The number of benzene rings is 2. The summed E-state index contributed by atoms with van der Waals surface area (Å²) in [5.41, 5.74) is 4.21. The van der Waals surface area contributed by atoms with Gasteiger partial charge in [0.1, 0.15) is 0 Å². The van der Waals surface area contributed by atoms with Crippen molar-refractivity contribution >= 4 is 22.8 Å². The van der Waals surface area contributed by atoms with Crippen molar-refractivity contribution in [2.24, 2.45) is 5.73 Å². The van der Waals surface area contributed by atoms with Crippen molar-refractivity contribution in [3.8, 4) is 0 Å². The van der Waals surface area contributed by atoms with Crippen LogP contribution in [0.3, 0.4) is 0 Å². The van der Waals surface area contributed by atoms with Gasteiger partial charge < -0.3 is 30.7 Å². The van der Waals surface area contributed by atoms with Crippen LogP contribution in [0.25, 0.3) is 0 Å². The van der Waals surface area contributed by atoms with Gasteiger partial charge in [0.05, 0.1) is 23.3 Å². The molecule has 0 radical (unpaired) electrons. The second-order valence-electron chi connectivity index (χ2n) is 11.3. The minimum atomic E-state index is -4.44. The first-order chi connectivity index (χ1) is 22.0. The Morgan fingerprint density at radius 2 is 1.09 bits per heavy atom. The molecule has 1 amide bonds. The van der Waals surface area contributed by atoms with Crippen LogP contribution in [0.1, 0.15) is 85.8 Å². The zero-order chi connectivity index (χ0) is 35.4. The summed E-state index contributed by atoms with van der Waals surface area (Å²) < 4.78 is 84.3. The van der Waals surface area contributed by atoms with Crippen molar-refractivity contribution in [1.82, 2.24) is 5.32 Å². The van der Waals surface area contributed by atoms with Crippen LogP contribution in [-0.2, 0) is 31.4 Å². The van der Waals surface area contributed by atoms with Crippen molar-refractivity contribution < 1.29 is 55.6 Å². The third-order valence-electron chi connectivity index (χ3n) is 7.98. The summed E-state index contributed by atoms with van der Waals surface area (Å²) in [6, 6.07) is 7.92. The molecule has 2 aliphatic carbocycles. The van der Waals surface area contributed by atoms with Gasteiger partial charge in [0, 0.05) is 26.3 Å². The van der Waals surface area contributed by atoms with Gasteiger partial charge in [-0.1, -0.05) is 24.3 Å². The highest BCUT2D eigenvalue weighted by atomic mass is 35.5. The molecular weight excluding hydrogens is 658 g/mol. The minimum absolute atomic E-state index is 0.0306. The van der Waals surface area contributed by atoms with Gasteiger partial charge in [-0.25, -0.2) is 0 Å². The molecule has 2 fully saturated rings. The van der Waals surface area contributed by atoms with Gasteiger partial charge in [-0.15, -0.1) is 0 Å². The molecule has 47 heavy (non-hydrogen) atoms. The molecule has 0 spiro atoms. The van der Waals surface area contributed by atoms with E-state index in [1.54, 1.807) is 14.2 Å². The smallest absolute Gasteiger partial charge is 0.381 e. The van der Waals surface area contributed by atoms with E-state index in [-0.39, 0.29) is 23.3 Å². The molecule has 2 aromatic carbocycles. The van der Waals surface area contributed by atoms with Crippen LogP contribution in [0.2, 0.25) is 0 Å². The van der Waals surface area contributed by atoms with Crippen molar-refractivity contribution in [2.75, 3.05) is 14.2 Å². The zero-order valence-corrected chi connectivity index (χ0v) is 26.7. The first kappa shape index (κ1) is 40.4. The van der Waals surface area contributed by atoms with E-state index in [1.165, 1.54) is 0 Å². The summed E-state index contributed by atoms with van der Waals surface area (Å²) in [6.45, 7) is 0. The average Bonchev–Trinajstić information content (AvgIpc) is 3.04. The van der Waals surface area contributed by atoms with Crippen LogP contribution in [0.15, 0.2) is 48.5 Å². The van der Waals surface area contributed by atoms with E-state index in [0.29, 0.717) is 12.1 Å². The topological polar surface area (TPSA) is 131 Å². The van der Waals surface area contributed by atoms with Crippen molar-refractivity contribution in [3.63, 3.8) is 0 Å². The lowest BCUT2D eigenvalue weighted by atomic mass is 9.92. The zero-order valence-electron chi connectivity index (χ0n) is 26.0. The first-order valence-corrected chi connectivity index (χ1v) is 15.3. The average molecular weight is 699 g/mol. The van der Waals surface area contributed by atoms with Gasteiger partial charge in [-0.05, 0) is 98.4 Å². The Morgan fingerprint density at radius 1 is 0.723 bits per heavy atom. The van der Waals surface area contributed by atoms with E-state index in [0.717, 1.165) is 99.9 Å². The molecule has 2 unspecified atom stereocenters. The van der Waals surface area contributed by atoms with Crippen molar-refractivity contribution in [2.45, 2.75) is 100 Å². The largest absolute Gasteiger partial charge is 0.416 e. The van der Waals surface area contributed by atoms with Gasteiger partial charge in [0.15, 0.2) is 12.2 Å². The first-order valence-electron chi connectivity index (χ1n) is 15.0. The number of aliphatic hydroxyl groups excluding tert-OH is 2. The lowest BCUT2D eigenvalue weighted by molar-refractivity contribution is -0.138. The van der Waals surface area contributed by atoms with Crippen LogP contribution in [0, 0.1) is 0 Å². The van der Waals surface area contributed by atoms with Crippen molar-refractivity contribution in [3.05, 3.63) is 70.8 Å². The van der Waals surface area contributed by atoms with E-state index in [4.69, 9.17) is 31.9 Å². The monoisotopic (exact) mass is 698 g/mol. The molecular formula is C32H41ClF6N2O6. The predicted molar refractivity (Wildman–Crippen MR) is 162 cm³/mol. The summed E-state index contributed by atoms with van der Waals surface area (Å²) >= 11 is 4.98. The summed E-state index contributed by atoms with van der Waals surface area (Å²) in [5, 5.41) is 20.8. The molecule has 8 nitrogen and oxygen atoms in total. The van der Waals surface area contributed by atoms with Crippen LogP contribution in [-0.4, -0.2) is 59.9 Å². The molecule has 0 bridgehead atoms. The number of nitrogens with two attached hydrogens (primary N) is 1. The van der Waals surface area contributed by atoms with Crippen LogP contribution < -0.4 is 11.1 Å². The standard InChI is InChI=1S/C16H20F3NO3.C9H6ClF3O2.C7H15NO/c1-23-13-8-6-12(7-9-13)20-15(22)14(21)10-2-4-11(5-3-10)16(17,18)19;10-8(15)7(14)5-1-3-6(4-2-5)9(11,12)13;1-9-7-4-2-6(8)3-5-7/h2-5,12-14,21H,6-9H2,1H3,(H,20,22);1-4,7,14H;6-7H,2-5,8H2,1H3. The number of hydrogen-bond donors (Lipinski definition) is 4. The second-order valence-corrected chi connectivity index (χ2v) is 11.7. The van der Waals surface area contributed by atoms with E-state index in [2.05, 4.69) is 5.32 Å². The molecule has 0 aliphatic heterocycles. The Morgan fingerprint density at radius 3 is 1.43 bits per heavy atom. The predicted octanol–water partition coefficient (Wildman–Crippen LogP) is 6.22. The fraction of sp³-hybridized carbons (Fsp3) is 0.562. The molecule has 264 valence electrons. The number of rotatable bonds is 7. The molecule has 0 saturated heterocycles. The number of halogens is 7. The molecule has 0 heterocycles. The van der Waals surface area contributed by atoms with Gasteiger partial charge in [-0.3, -0.25) is 9.59 Å². The van der Waals surface area contributed by atoms with E-state index in [9.17, 15) is 41.0 Å². The Kier molecular flexibility index (Phi) is 16.1. The molecule has 2 aliphatic rings. The number of carbonyl (C=O) groups excluding carboxylic acids is 2. The number of methoxy groups -OCH3 is 2. The quantitative estimate of drug-likeness (QED) is 0.200. The lowest BCUT2D eigenvalue weighted by Crippen LogP contribution is -2.41. The maximum absolute atomic E-state index is 12.5. The molecule has 4 rings (SSSR count). The molecule has 2 atom stereocenters. The number of amides is 1. The Labute approximate surface area is 274 Å². The highest BCUT2D eigenvalue weighted by Crippen LogP contribution is 2.31. The number of hydrogen-bond acceptors (Lipinski definition) is 7. The fourth-order valence-electron chi connectivity index (χ4n) is 5.04. The van der Waals surface area contributed by atoms with E-state index < -0.39 is 46.8 Å². The fourth-order valence-corrected chi connectivity index (χ4v) is 5.16. The summed E-state index contributed by atoms with van der Waals surface area (Å²) in [4.78, 5) is 22.5. The van der Waals surface area contributed by atoms with Gasteiger partial charge in [-0.2, -0.15) is 26.3 Å². The molecule has 2 aromatic rings. The Balaban J connectivity index is 0.000000273. The lowest BCUT2D eigenvalue weighted by Gasteiger charge is -2.28. The summed E-state index contributed by atoms with van der Waals surface area (Å²) in [6.07, 6.45) is -3.50. The second kappa shape index (κ2) is 18.7. The maximum atomic E-state index is 12.5. The molecule has 5 N–H and O–H groups in total. The minimum Gasteiger partial charge on any atom is -0.381 e. The molecule has 2 saturated carbocycles. The number of aliphatic hydroxyl groups is 2. The SMILES string of the molecule is COC1CCC(N)CC1.COC1CCC(NC(=O)C(O)c2ccc(C(F)(F)F)cc2)CC1.O=C(Cl)C(O)c1ccc(C(F)(F)F)cc1. The van der Waals surface area contributed by atoms with E-state index in [1.807, 2.05) is 0 Å². The van der Waals surface area contributed by atoms with Crippen molar-refractivity contribution in [1.29, 1.82) is 0 Å². The number of carbonyl (C=O) groups is 2. The third kappa shape index (κ3) is 13.7. The normalized spacial score (nSPS) is 22.8. The summed E-state index contributed by atoms with van der Waals surface area (Å²) in [5.74, 6) is -0.592. The van der Waals surface area contributed by atoms with Gasteiger partial charge in [0.25, 0.3) is 11.1 Å². The van der Waals surface area contributed by atoms with Gasteiger partial charge in [0.2, 0.25) is 0 Å². The molecule has 15 heteroatoms. The number of nitrogens with one attached hydrogen (secondary N) is 1. The van der Waals surface area contributed by atoms with Crippen LogP contribution >= 0.6 is 11.6 Å². The highest BCUT2D eigenvalue weighted by molar-refractivity contribution is 6.64. The Hall–Kier alpha value is -2.75. The van der Waals surface area contributed by atoms with Crippen LogP contribution in [0.5, 0.6) is 0 Å². The number of ether oxygens (including phenoxy) is 2. The summed E-state index contributed by atoms with van der Waals surface area (Å²) in [7, 11) is 3.43. The maximum Gasteiger partial charge on any atom is 0.416 e. The van der Waals surface area contributed by atoms with Gasteiger partial charge >= 0.3 is 12.4 Å². The van der Waals surface area contributed by atoms with E-state index >= 15 is 0 Å². The highest BCUT2D eigenvalue weighted by Gasteiger charge is 2.32. The molecule has 0 aromatic heterocycles. The number of alkyl halides is 6. The third-order valence-corrected chi connectivity index (χ3v) is 8.18. The Bertz CT molecular complexity index is 1230. The van der Waals surface area contributed by atoms with Crippen LogP contribution in [0.4, 0.5) is 26.3 Å².